The van der Waals surface area contributed by atoms with Gasteiger partial charge in [-0.2, -0.15) is 0 Å². The summed E-state index contributed by atoms with van der Waals surface area (Å²) in [7, 11) is 1.33. The Labute approximate surface area is 232 Å². The van der Waals surface area contributed by atoms with E-state index in [1.165, 1.54) is 18.4 Å². The summed E-state index contributed by atoms with van der Waals surface area (Å²) in [6.45, 7) is 2.03. The van der Waals surface area contributed by atoms with Crippen molar-refractivity contribution in [3.8, 4) is 5.75 Å². The zero-order valence-electron chi connectivity index (χ0n) is 20.5. The van der Waals surface area contributed by atoms with Crippen LogP contribution in [0.4, 0.5) is 0 Å². The number of hydrogen-bond acceptors (Lipinski definition) is 6. The van der Waals surface area contributed by atoms with Crippen molar-refractivity contribution in [2.24, 2.45) is 4.99 Å². The van der Waals surface area contributed by atoms with Crippen molar-refractivity contribution in [3.63, 3.8) is 0 Å². The molecule has 0 unspecified atom stereocenters. The van der Waals surface area contributed by atoms with Gasteiger partial charge in [0.2, 0.25) is 0 Å². The Morgan fingerprint density at radius 1 is 1.08 bits per heavy atom. The Morgan fingerprint density at radius 2 is 1.87 bits per heavy atom. The fourth-order valence-electron chi connectivity index (χ4n) is 4.29. The van der Waals surface area contributed by atoms with E-state index in [2.05, 4.69) is 4.99 Å². The molecule has 4 aromatic rings. The molecule has 1 aliphatic rings. The molecule has 0 fully saturated rings. The van der Waals surface area contributed by atoms with E-state index in [0.717, 1.165) is 16.7 Å². The lowest BCUT2D eigenvalue weighted by atomic mass is 9.96. The average molecular weight is 565 g/mol. The number of fused-ring (bicyclic) bond motifs is 1. The van der Waals surface area contributed by atoms with Crippen molar-refractivity contribution in [2.75, 3.05) is 7.11 Å². The van der Waals surface area contributed by atoms with Crippen LogP contribution in [0.3, 0.4) is 0 Å². The molecule has 0 amide bonds. The minimum atomic E-state index is -0.638. The van der Waals surface area contributed by atoms with E-state index in [0.29, 0.717) is 36.4 Å². The summed E-state index contributed by atoms with van der Waals surface area (Å²) in [5.74, 6) is 0.114. The summed E-state index contributed by atoms with van der Waals surface area (Å²) in [6.07, 6.45) is 1.80. The van der Waals surface area contributed by atoms with E-state index < -0.39 is 12.0 Å². The minimum absolute atomic E-state index is 0.240. The summed E-state index contributed by atoms with van der Waals surface area (Å²) >= 11 is 13.5. The highest BCUT2D eigenvalue weighted by atomic mass is 35.5. The second-order valence-electron chi connectivity index (χ2n) is 8.58. The Bertz CT molecular complexity index is 1740. The quantitative estimate of drug-likeness (QED) is 0.298. The Kier molecular flexibility index (Phi) is 7.51. The van der Waals surface area contributed by atoms with Crippen molar-refractivity contribution < 1.29 is 14.3 Å². The molecule has 2 heterocycles. The van der Waals surface area contributed by atoms with E-state index in [4.69, 9.17) is 32.7 Å². The Hall–Kier alpha value is -3.65. The minimum Gasteiger partial charge on any atom is -0.489 e. The van der Waals surface area contributed by atoms with Crippen LogP contribution in [0.5, 0.6) is 5.75 Å². The molecule has 0 saturated carbocycles. The van der Waals surface area contributed by atoms with Crippen molar-refractivity contribution in [2.45, 2.75) is 19.6 Å². The number of hydrogen-bond donors (Lipinski definition) is 0. The number of methoxy groups -OCH3 is 1. The van der Waals surface area contributed by atoms with Crippen LogP contribution >= 0.6 is 34.5 Å². The van der Waals surface area contributed by atoms with E-state index in [-0.39, 0.29) is 12.2 Å². The lowest BCUT2D eigenvalue weighted by Gasteiger charge is -2.24. The van der Waals surface area contributed by atoms with E-state index in [1.54, 1.807) is 29.7 Å². The van der Waals surface area contributed by atoms with Gasteiger partial charge in [-0.1, -0.05) is 83.1 Å². The summed E-state index contributed by atoms with van der Waals surface area (Å²) in [4.78, 5) is 31.5. The average Bonchev–Trinajstić information content (AvgIpc) is 3.21. The largest absolute Gasteiger partial charge is 0.489 e. The molecule has 1 atom stereocenters. The highest BCUT2D eigenvalue weighted by molar-refractivity contribution is 7.07. The van der Waals surface area contributed by atoms with Gasteiger partial charge in [-0.3, -0.25) is 9.36 Å². The lowest BCUT2D eigenvalue weighted by Crippen LogP contribution is -2.39. The predicted octanol–water partition coefficient (Wildman–Crippen LogP) is 5.29. The zero-order chi connectivity index (χ0) is 26.8. The predicted molar refractivity (Wildman–Crippen MR) is 149 cm³/mol. The van der Waals surface area contributed by atoms with E-state index in [9.17, 15) is 9.59 Å². The smallest absolute Gasteiger partial charge is 0.338 e. The lowest BCUT2D eigenvalue weighted by molar-refractivity contribution is -0.136. The molecule has 38 heavy (non-hydrogen) atoms. The SMILES string of the molecule is COC(=O)C1=C(C)N=c2s/c(=C\c3cccc(OCc4ccc(Cl)cc4Cl)c3)c(=O)n2[C@@H]1c1ccccc1. The van der Waals surface area contributed by atoms with Gasteiger partial charge in [0.05, 0.1) is 29.0 Å². The molecular formula is C29H22Cl2N2O4S. The number of carbonyl (C=O) groups is 1. The maximum Gasteiger partial charge on any atom is 0.338 e. The van der Waals surface area contributed by atoms with Crippen LogP contribution in [0.2, 0.25) is 10.0 Å². The monoisotopic (exact) mass is 564 g/mol. The first-order chi connectivity index (χ1) is 18.4. The number of allylic oxidation sites excluding steroid dienone is 1. The van der Waals surface area contributed by atoms with Crippen LogP contribution in [-0.2, 0) is 16.1 Å². The second-order valence-corrected chi connectivity index (χ2v) is 10.4. The molecule has 3 aromatic carbocycles. The number of carbonyl (C=O) groups excluding carboxylic acids is 1. The van der Waals surface area contributed by atoms with Crippen molar-refractivity contribution >= 4 is 46.6 Å². The highest BCUT2D eigenvalue weighted by Gasteiger charge is 2.32. The second kappa shape index (κ2) is 11.0. The topological polar surface area (TPSA) is 69.9 Å². The van der Waals surface area contributed by atoms with Gasteiger partial charge in [0.15, 0.2) is 4.80 Å². The van der Waals surface area contributed by atoms with Crippen LogP contribution in [0.1, 0.15) is 29.7 Å². The van der Waals surface area contributed by atoms with Gasteiger partial charge in [0, 0.05) is 15.6 Å². The molecule has 1 aliphatic heterocycles. The van der Waals surface area contributed by atoms with Crippen LogP contribution in [0, 0.1) is 0 Å². The van der Waals surface area contributed by atoms with Crippen molar-refractivity contribution in [3.05, 3.63) is 130 Å². The van der Waals surface area contributed by atoms with Crippen LogP contribution in [0.15, 0.2) is 93.9 Å². The molecule has 0 bridgehead atoms. The van der Waals surface area contributed by atoms with Gasteiger partial charge < -0.3 is 9.47 Å². The Balaban J connectivity index is 1.52. The number of halogens is 2. The molecule has 0 spiro atoms. The number of esters is 1. The third kappa shape index (κ3) is 5.18. The summed E-state index contributed by atoms with van der Waals surface area (Å²) in [5.41, 5.74) is 3.02. The number of benzene rings is 3. The van der Waals surface area contributed by atoms with E-state index >= 15 is 0 Å². The summed E-state index contributed by atoms with van der Waals surface area (Å²) in [6, 6.07) is 21.5. The van der Waals surface area contributed by atoms with Crippen molar-refractivity contribution in [1.82, 2.24) is 4.57 Å². The first-order valence-corrected chi connectivity index (χ1v) is 13.3. The first kappa shape index (κ1) is 26.0. The molecule has 9 heteroatoms. The van der Waals surface area contributed by atoms with Crippen LogP contribution in [-0.4, -0.2) is 17.6 Å². The van der Waals surface area contributed by atoms with Crippen LogP contribution < -0.4 is 19.6 Å². The summed E-state index contributed by atoms with van der Waals surface area (Å²) < 4.78 is 13.0. The van der Waals surface area contributed by atoms with Gasteiger partial charge in [-0.15, -0.1) is 0 Å². The number of aromatic nitrogens is 1. The number of thiazole rings is 1. The van der Waals surface area contributed by atoms with Gasteiger partial charge >= 0.3 is 5.97 Å². The van der Waals surface area contributed by atoms with Gasteiger partial charge in [0.1, 0.15) is 12.4 Å². The molecule has 192 valence electrons. The summed E-state index contributed by atoms with van der Waals surface area (Å²) in [5, 5.41) is 1.09. The highest BCUT2D eigenvalue weighted by Crippen LogP contribution is 2.30. The number of rotatable bonds is 6. The molecule has 6 nitrogen and oxygen atoms in total. The third-order valence-electron chi connectivity index (χ3n) is 6.11. The molecule has 0 saturated heterocycles. The fraction of sp³-hybridized carbons (Fsp3) is 0.138. The third-order valence-corrected chi connectivity index (χ3v) is 7.68. The Morgan fingerprint density at radius 3 is 2.61 bits per heavy atom. The molecule has 0 N–H and O–H groups in total. The van der Waals surface area contributed by atoms with Crippen molar-refractivity contribution in [1.29, 1.82) is 0 Å². The fourth-order valence-corrected chi connectivity index (χ4v) is 5.80. The normalized spacial score (nSPS) is 15.2. The molecule has 5 rings (SSSR count). The maximum absolute atomic E-state index is 13.7. The van der Waals surface area contributed by atoms with Gasteiger partial charge in [-0.25, -0.2) is 9.79 Å². The molecule has 0 aliphatic carbocycles. The molecular weight excluding hydrogens is 543 g/mol. The maximum atomic E-state index is 13.7. The molecule has 0 radical (unpaired) electrons. The number of nitrogens with zero attached hydrogens (tertiary/aromatic N) is 2. The zero-order valence-corrected chi connectivity index (χ0v) is 22.8. The standard InChI is InChI=1S/C29H22Cl2N2O4S/c1-17-25(28(35)36-2)26(19-8-4-3-5-9-19)33-27(34)24(38-29(33)32-17)14-18-7-6-10-22(13-18)37-16-20-11-12-21(30)15-23(20)31/h3-15,26H,16H2,1-2H3/b24-14-/t26-/m1/s1. The number of ether oxygens (including phenoxy) is 2. The van der Waals surface area contributed by atoms with Gasteiger partial charge in [0.25, 0.3) is 5.56 Å². The molecule has 1 aromatic heterocycles. The van der Waals surface area contributed by atoms with Crippen LogP contribution in [0.25, 0.3) is 6.08 Å². The first-order valence-electron chi connectivity index (χ1n) is 11.7. The van der Waals surface area contributed by atoms with Gasteiger partial charge in [-0.05, 0) is 48.4 Å². The van der Waals surface area contributed by atoms with E-state index in [1.807, 2.05) is 60.7 Å².